The summed E-state index contributed by atoms with van der Waals surface area (Å²) in [4.78, 5) is 12.2. The van der Waals surface area contributed by atoms with E-state index in [1.165, 1.54) is 0 Å². The van der Waals surface area contributed by atoms with Crippen LogP contribution in [-0.4, -0.2) is 21.8 Å². The summed E-state index contributed by atoms with van der Waals surface area (Å²) in [5, 5.41) is 7.16. The summed E-state index contributed by atoms with van der Waals surface area (Å²) in [6, 6.07) is 9.37. The van der Waals surface area contributed by atoms with E-state index < -0.39 is 0 Å². The molecule has 0 aliphatic carbocycles. The third kappa shape index (κ3) is 4.08. The first kappa shape index (κ1) is 15.1. The Hall–Kier alpha value is -2.30. The van der Waals surface area contributed by atoms with Gasteiger partial charge in [-0.25, -0.2) is 0 Å². The van der Waals surface area contributed by atoms with E-state index in [2.05, 4.69) is 10.4 Å². The molecule has 0 aliphatic heterocycles. The molecule has 1 amide bonds. The zero-order chi connectivity index (χ0) is 15.4. The van der Waals surface area contributed by atoms with Crippen LogP contribution < -0.4 is 10.1 Å². The Morgan fingerprint density at radius 3 is 2.67 bits per heavy atom. The van der Waals surface area contributed by atoms with Gasteiger partial charge in [-0.2, -0.15) is 5.10 Å². The SMILES string of the molecule is Cc1cc(C)n(CC(=O)Nc2ccccc2OC(C)C)n1. The zero-order valence-electron chi connectivity index (χ0n) is 12.9. The Morgan fingerprint density at radius 2 is 2.05 bits per heavy atom. The fourth-order valence-electron chi connectivity index (χ4n) is 2.09. The Labute approximate surface area is 124 Å². The van der Waals surface area contributed by atoms with Crippen molar-refractivity contribution in [1.29, 1.82) is 0 Å². The number of benzene rings is 1. The van der Waals surface area contributed by atoms with Gasteiger partial charge in [0.1, 0.15) is 12.3 Å². The molecule has 0 saturated heterocycles. The van der Waals surface area contributed by atoms with Gasteiger partial charge in [-0.3, -0.25) is 9.48 Å². The summed E-state index contributed by atoms with van der Waals surface area (Å²) in [6.45, 7) is 7.94. The highest BCUT2D eigenvalue weighted by Crippen LogP contribution is 2.24. The Kier molecular flexibility index (Phi) is 4.62. The number of hydrogen-bond donors (Lipinski definition) is 1. The van der Waals surface area contributed by atoms with Crippen molar-refractivity contribution >= 4 is 11.6 Å². The van der Waals surface area contributed by atoms with Crippen molar-refractivity contribution in [2.45, 2.75) is 40.3 Å². The third-order valence-corrected chi connectivity index (χ3v) is 2.92. The smallest absolute Gasteiger partial charge is 0.246 e. The lowest BCUT2D eigenvalue weighted by atomic mass is 10.3. The van der Waals surface area contributed by atoms with Gasteiger partial charge in [0.25, 0.3) is 0 Å². The van der Waals surface area contributed by atoms with E-state index >= 15 is 0 Å². The van der Waals surface area contributed by atoms with Crippen LogP contribution in [-0.2, 0) is 11.3 Å². The molecule has 0 aliphatic rings. The Balaban J connectivity index is 2.07. The second kappa shape index (κ2) is 6.43. The number of nitrogens with one attached hydrogen (secondary N) is 1. The molecule has 5 nitrogen and oxygen atoms in total. The molecule has 0 fully saturated rings. The minimum absolute atomic E-state index is 0.0547. The fraction of sp³-hybridized carbons (Fsp3) is 0.375. The van der Waals surface area contributed by atoms with Gasteiger partial charge in [0.2, 0.25) is 5.91 Å². The second-order valence-corrected chi connectivity index (χ2v) is 5.30. The molecule has 0 bridgehead atoms. The van der Waals surface area contributed by atoms with E-state index in [0.29, 0.717) is 11.4 Å². The van der Waals surface area contributed by atoms with Crippen molar-refractivity contribution in [3.05, 3.63) is 41.7 Å². The molecule has 0 spiro atoms. The molecule has 1 aromatic carbocycles. The molecular weight excluding hydrogens is 266 g/mol. The van der Waals surface area contributed by atoms with Crippen molar-refractivity contribution in [2.75, 3.05) is 5.32 Å². The molecule has 2 rings (SSSR count). The average molecular weight is 287 g/mol. The van der Waals surface area contributed by atoms with Gasteiger partial charge in [0.05, 0.1) is 17.5 Å². The standard InChI is InChI=1S/C16H21N3O2/c1-11(2)21-15-8-6-5-7-14(15)17-16(20)10-19-13(4)9-12(3)18-19/h5-9,11H,10H2,1-4H3,(H,17,20). The van der Waals surface area contributed by atoms with Gasteiger partial charge in [-0.15, -0.1) is 0 Å². The van der Waals surface area contributed by atoms with Gasteiger partial charge in [-0.05, 0) is 45.9 Å². The van der Waals surface area contributed by atoms with Crippen LogP contribution in [0.3, 0.4) is 0 Å². The highest BCUT2D eigenvalue weighted by molar-refractivity contribution is 5.92. The summed E-state index contributed by atoms with van der Waals surface area (Å²) < 4.78 is 7.38. The van der Waals surface area contributed by atoms with Gasteiger partial charge in [0, 0.05) is 5.69 Å². The quantitative estimate of drug-likeness (QED) is 0.920. The maximum Gasteiger partial charge on any atom is 0.246 e. The number of rotatable bonds is 5. The van der Waals surface area contributed by atoms with Crippen LogP contribution in [0.5, 0.6) is 5.75 Å². The highest BCUT2D eigenvalue weighted by atomic mass is 16.5. The normalized spacial score (nSPS) is 10.7. The number of carbonyl (C=O) groups excluding carboxylic acids is 1. The molecule has 112 valence electrons. The predicted octanol–water partition coefficient (Wildman–Crippen LogP) is 2.93. The molecule has 0 saturated carbocycles. The summed E-state index contributed by atoms with van der Waals surface area (Å²) >= 11 is 0. The van der Waals surface area contributed by atoms with Crippen LogP contribution in [0.2, 0.25) is 0 Å². The number of carbonyl (C=O) groups is 1. The Bertz CT molecular complexity index is 632. The van der Waals surface area contributed by atoms with E-state index in [-0.39, 0.29) is 18.6 Å². The van der Waals surface area contributed by atoms with Crippen molar-refractivity contribution in [2.24, 2.45) is 0 Å². The number of aromatic nitrogens is 2. The molecule has 1 heterocycles. The number of aryl methyl sites for hydroxylation is 2. The van der Waals surface area contributed by atoms with Crippen LogP contribution >= 0.6 is 0 Å². The molecule has 1 N–H and O–H groups in total. The van der Waals surface area contributed by atoms with Crippen molar-refractivity contribution < 1.29 is 9.53 Å². The van der Waals surface area contributed by atoms with Crippen molar-refractivity contribution in [1.82, 2.24) is 9.78 Å². The predicted molar refractivity (Wildman–Crippen MR) is 82.5 cm³/mol. The van der Waals surface area contributed by atoms with E-state index in [4.69, 9.17) is 4.74 Å². The largest absolute Gasteiger partial charge is 0.489 e. The number of hydrogen-bond acceptors (Lipinski definition) is 3. The fourth-order valence-corrected chi connectivity index (χ4v) is 2.09. The summed E-state index contributed by atoms with van der Waals surface area (Å²) in [5.74, 6) is 0.551. The average Bonchev–Trinajstić information content (AvgIpc) is 2.69. The molecule has 5 heteroatoms. The summed E-state index contributed by atoms with van der Waals surface area (Å²) in [6.07, 6.45) is 0.0547. The number of anilines is 1. The van der Waals surface area contributed by atoms with Crippen LogP contribution in [0, 0.1) is 13.8 Å². The maximum absolute atomic E-state index is 12.2. The molecule has 0 atom stereocenters. The van der Waals surface area contributed by atoms with Crippen molar-refractivity contribution in [3.8, 4) is 5.75 Å². The van der Waals surface area contributed by atoms with Crippen LogP contribution in [0.1, 0.15) is 25.2 Å². The number of amides is 1. The van der Waals surface area contributed by atoms with Gasteiger partial charge >= 0.3 is 0 Å². The first-order valence-electron chi connectivity index (χ1n) is 7.02. The van der Waals surface area contributed by atoms with Gasteiger partial charge in [0.15, 0.2) is 0 Å². The lowest BCUT2D eigenvalue weighted by molar-refractivity contribution is -0.117. The molecular formula is C16H21N3O2. The van der Waals surface area contributed by atoms with Crippen LogP contribution in [0.25, 0.3) is 0 Å². The van der Waals surface area contributed by atoms with Crippen LogP contribution in [0.15, 0.2) is 30.3 Å². The maximum atomic E-state index is 12.2. The van der Waals surface area contributed by atoms with E-state index in [0.717, 1.165) is 11.4 Å². The molecule has 1 aromatic heterocycles. The minimum atomic E-state index is -0.124. The van der Waals surface area contributed by atoms with Crippen LogP contribution in [0.4, 0.5) is 5.69 Å². The number of nitrogens with zero attached hydrogens (tertiary/aromatic N) is 2. The molecule has 0 radical (unpaired) electrons. The first-order valence-corrected chi connectivity index (χ1v) is 7.02. The molecule has 21 heavy (non-hydrogen) atoms. The first-order chi connectivity index (χ1) is 9.95. The number of ether oxygens (including phenoxy) is 1. The summed E-state index contributed by atoms with van der Waals surface area (Å²) in [5.41, 5.74) is 2.55. The van der Waals surface area contributed by atoms with Crippen molar-refractivity contribution in [3.63, 3.8) is 0 Å². The zero-order valence-corrected chi connectivity index (χ0v) is 12.9. The monoisotopic (exact) mass is 287 g/mol. The van der Waals surface area contributed by atoms with E-state index in [1.807, 2.05) is 58.0 Å². The number of para-hydroxylation sites is 2. The highest BCUT2D eigenvalue weighted by Gasteiger charge is 2.11. The lowest BCUT2D eigenvalue weighted by Gasteiger charge is -2.15. The third-order valence-electron chi connectivity index (χ3n) is 2.92. The van der Waals surface area contributed by atoms with E-state index in [9.17, 15) is 4.79 Å². The summed E-state index contributed by atoms with van der Waals surface area (Å²) in [7, 11) is 0. The molecule has 0 unspecified atom stereocenters. The molecule has 2 aromatic rings. The Morgan fingerprint density at radius 1 is 1.33 bits per heavy atom. The topological polar surface area (TPSA) is 56.2 Å². The van der Waals surface area contributed by atoms with Gasteiger partial charge in [-0.1, -0.05) is 12.1 Å². The van der Waals surface area contributed by atoms with E-state index in [1.54, 1.807) is 4.68 Å². The van der Waals surface area contributed by atoms with Gasteiger partial charge < -0.3 is 10.1 Å². The second-order valence-electron chi connectivity index (χ2n) is 5.30. The minimum Gasteiger partial charge on any atom is -0.489 e. The lowest BCUT2D eigenvalue weighted by Crippen LogP contribution is -2.21.